The molecule has 2 fully saturated rings. The van der Waals surface area contributed by atoms with Crippen molar-refractivity contribution in [1.29, 1.82) is 0 Å². The molecule has 0 bridgehead atoms. The van der Waals surface area contributed by atoms with Crippen molar-refractivity contribution < 1.29 is 9.59 Å². The molecule has 6 heteroatoms. The zero-order valence-electron chi connectivity index (χ0n) is 16.9. The highest BCUT2D eigenvalue weighted by molar-refractivity contribution is 6.04. The SMILES string of the molecule is CC1CCCN(C(=O)c2cccc(C(=O)Nc3ccc(N4CCCC4)cc3)n2)C1. The highest BCUT2D eigenvalue weighted by Gasteiger charge is 2.23. The molecule has 1 atom stereocenters. The van der Waals surface area contributed by atoms with Gasteiger partial charge < -0.3 is 15.1 Å². The number of aromatic nitrogens is 1. The lowest BCUT2D eigenvalue weighted by molar-refractivity contribution is 0.0677. The van der Waals surface area contributed by atoms with Crippen LogP contribution in [-0.4, -0.2) is 47.9 Å². The number of hydrogen-bond donors (Lipinski definition) is 1. The minimum atomic E-state index is -0.305. The van der Waals surface area contributed by atoms with E-state index in [9.17, 15) is 9.59 Å². The van der Waals surface area contributed by atoms with E-state index in [-0.39, 0.29) is 17.5 Å². The molecule has 0 saturated carbocycles. The van der Waals surface area contributed by atoms with Crippen molar-refractivity contribution in [2.45, 2.75) is 32.6 Å². The van der Waals surface area contributed by atoms with E-state index in [1.54, 1.807) is 18.2 Å². The number of nitrogens with zero attached hydrogens (tertiary/aromatic N) is 3. The molecule has 2 amide bonds. The first-order chi connectivity index (χ1) is 14.1. The summed E-state index contributed by atoms with van der Waals surface area (Å²) in [5.41, 5.74) is 2.49. The molecule has 2 aromatic rings. The summed E-state index contributed by atoms with van der Waals surface area (Å²) in [5, 5.41) is 2.88. The van der Waals surface area contributed by atoms with Crippen LogP contribution in [0.25, 0.3) is 0 Å². The van der Waals surface area contributed by atoms with Crippen molar-refractivity contribution >= 4 is 23.2 Å². The quantitative estimate of drug-likeness (QED) is 0.859. The fraction of sp³-hybridized carbons (Fsp3) is 0.435. The second kappa shape index (κ2) is 8.64. The molecule has 0 spiro atoms. The Bertz CT molecular complexity index is 875. The predicted octanol–water partition coefficient (Wildman–Crippen LogP) is 3.81. The average Bonchev–Trinajstić information content (AvgIpc) is 3.29. The van der Waals surface area contributed by atoms with E-state index in [4.69, 9.17) is 0 Å². The first-order valence-electron chi connectivity index (χ1n) is 10.5. The third-order valence-electron chi connectivity index (χ3n) is 5.74. The average molecular weight is 393 g/mol. The maximum absolute atomic E-state index is 12.8. The molecule has 2 aliphatic rings. The van der Waals surface area contributed by atoms with Crippen LogP contribution in [0.2, 0.25) is 0 Å². The molecular weight excluding hydrogens is 364 g/mol. The number of nitrogens with one attached hydrogen (secondary N) is 1. The molecule has 2 saturated heterocycles. The fourth-order valence-electron chi connectivity index (χ4n) is 4.14. The molecular formula is C23H28N4O2. The summed E-state index contributed by atoms with van der Waals surface area (Å²) in [4.78, 5) is 33.9. The summed E-state index contributed by atoms with van der Waals surface area (Å²) in [6.45, 7) is 5.84. The van der Waals surface area contributed by atoms with Crippen LogP contribution >= 0.6 is 0 Å². The number of benzene rings is 1. The Morgan fingerprint density at radius 3 is 2.41 bits per heavy atom. The summed E-state index contributed by atoms with van der Waals surface area (Å²) >= 11 is 0. The van der Waals surface area contributed by atoms with E-state index >= 15 is 0 Å². The fourth-order valence-corrected chi connectivity index (χ4v) is 4.14. The van der Waals surface area contributed by atoms with Crippen molar-refractivity contribution in [3.63, 3.8) is 0 Å². The highest BCUT2D eigenvalue weighted by Crippen LogP contribution is 2.22. The molecule has 0 radical (unpaired) electrons. The zero-order chi connectivity index (χ0) is 20.2. The Morgan fingerprint density at radius 2 is 1.69 bits per heavy atom. The van der Waals surface area contributed by atoms with Crippen LogP contribution in [0.3, 0.4) is 0 Å². The van der Waals surface area contributed by atoms with Gasteiger partial charge in [-0.05, 0) is 68.0 Å². The standard InChI is InChI=1S/C23H28N4O2/c1-17-6-5-15-27(16-17)23(29)21-8-4-7-20(25-21)22(28)24-18-9-11-19(12-10-18)26-13-2-3-14-26/h4,7-12,17H,2-3,5-6,13-16H2,1H3,(H,24,28). The molecule has 1 unspecified atom stereocenters. The lowest BCUT2D eigenvalue weighted by Crippen LogP contribution is -2.39. The largest absolute Gasteiger partial charge is 0.372 e. The summed E-state index contributed by atoms with van der Waals surface area (Å²) in [5.74, 6) is 0.101. The summed E-state index contributed by atoms with van der Waals surface area (Å²) < 4.78 is 0. The minimum Gasteiger partial charge on any atom is -0.372 e. The molecule has 0 aliphatic carbocycles. The maximum Gasteiger partial charge on any atom is 0.274 e. The van der Waals surface area contributed by atoms with Crippen LogP contribution in [0, 0.1) is 5.92 Å². The van der Waals surface area contributed by atoms with E-state index in [0.29, 0.717) is 11.6 Å². The van der Waals surface area contributed by atoms with Gasteiger partial charge in [-0.1, -0.05) is 13.0 Å². The van der Waals surface area contributed by atoms with E-state index in [1.165, 1.54) is 18.5 Å². The van der Waals surface area contributed by atoms with Gasteiger partial charge in [0.15, 0.2) is 0 Å². The van der Waals surface area contributed by atoms with Crippen LogP contribution in [0.5, 0.6) is 0 Å². The Morgan fingerprint density at radius 1 is 0.966 bits per heavy atom. The Kier molecular flexibility index (Phi) is 5.79. The first-order valence-corrected chi connectivity index (χ1v) is 10.5. The zero-order valence-corrected chi connectivity index (χ0v) is 16.9. The predicted molar refractivity (Wildman–Crippen MR) is 114 cm³/mol. The van der Waals surface area contributed by atoms with E-state index in [1.807, 2.05) is 29.2 Å². The maximum atomic E-state index is 12.8. The van der Waals surface area contributed by atoms with Gasteiger partial charge in [0.1, 0.15) is 11.4 Å². The van der Waals surface area contributed by atoms with E-state index in [0.717, 1.165) is 44.7 Å². The van der Waals surface area contributed by atoms with Gasteiger partial charge in [-0.3, -0.25) is 9.59 Å². The molecule has 29 heavy (non-hydrogen) atoms. The van der Waals surface area contributed by atoms with E-state index in [2.05, 4.69) is 22.1 Å². The van der Waals surface area contributed by atoms with Crippen molar-refractivity contribution in [3.8, 4) is 0 Å². The molecule has 3 heterocycles. The van der Waals surface area contributed by atoms with Crippen molar-refractivity contribution in [1.82, 2.24) is 9.88 Å². The van der Waals surface area contributed by atoms with Gasteiger partial charge >= 0.3 is 0 Å². The number of carbonyl (C=O) groups is 2. The third-order valence-corrected chi connectivity index (χ3v) is 5.74. The number of anilines is 2. The van der Waals surface area contributed by atoms with Gasteiger partial charge in [0.2, 0.25) is 0 Å². The van der Waals surface area contributed by atoms with Gasteiger partial charge in [0, 0.05) is 37.6 Å². The number of piperidine rings is 1. The highest BCUT2D eigenvalue weighted by atomic mass is 16.2. The number of rotatable bonds is 4. The van der Waals surface area contributed by atoms with Crippen LogP contribution in [-0.2, 0) is 0 Å². The summed E-state index contributed by atoms with van der Waals surface area (Å²) in [6, 6.07) is 12.9. The van der Waals surface area contributed by atoms with Crippen molar-refractivity contribution in [2.24, 2.45) is 5.92 Å². The molecule has 152 valence electrons. The smallest absolute Gasteiger partial charge is 0.274 e. The lowest BCUT2D eigenvalue weighted by atomic mass is 10.00. The topological polar surface area (TPSA) is 65.5 Å². The van der Waals surface area contributed by atoms with E-state index < -0.39 is 0 Å². The minimum absolute atomic E-state index is 0.0961. The van der Waals surface area contributed by atoms with Gasteiger partial charge in [0.25, 0.3) is 11.8 Å². The lowest BCUT2D eigenvalue weighted by Gasteiger charge is -2.30. The Balaban J connectivity index is 1.42. The van der Waals surface area contributed by atoms with Crippen LogP contribution in [0.4, 0.5) is 11.4 Å². The molecule has 2 aliphatic heterocycles. The Hall–Kier alpha value is -2.89. The van der Waals surface area contributed by atoms with Crippen molar-refractivity contribution in [3.05, 3.63) is 53.9 Å². The first kappa shape index (κ1) is 19.4. The molecule has 1 aromatic heterocycles. The molecule has 6 nitrogen and oxygen atoms in total. The second-order valence-electron chi connectivity index (χ2n) is 8.10. The number of amides is 2. The van der Waals surface area contributed by atoms with Crippen LogP contribution in [0.1, 0.15) is 53.6 Å². The normalized spacial score (nSPS) is 19.3. The molecule has 1 aromatic carbocycles. The van der Waals surface area contributed by atoms with Gasteiger partial charge in [-0.15, -0.1) is 0 Å². The number of carbonyl (C=O) groups excluding carboxylic acids is 2. The number of likely N-dealkylation sites (tertiary alicyclic amines) is 1. The monoisotopic (exact) mass is 392 g/mol. The third kappa shape index (κ3) is 4.58. The van der Waals surface area contributed by atoms with Gasteiger partial charge in [0.05, 0.1) is 0 Å². The number of hydrogen-bond acceptors (Lipinski definition) is 4. The number of pyridine rings is 1. The van der Waals surface area contributed by atoms with Gasteiger partial charge in [-0.25, -0.2) is 4.98 Å². The van der Waals surface area contributed by atoms with Crippen LogP contribution < -0.4 is 10.2 Å². The molecule has 4 rings (SSSR count). The van der Waals surface area contributed by atoms with Gasteiger partial charge in [-0.2, -0.15) is 0 Å². The summed E-state index contributed by atoms with van der Waals surface area (Å²) in [7, 11) is 0. The Labute approximate surface area is 171 Å². The molecule has 1 N–H and O–H groups in total. The van der Waals surface area contributed by atoms with Crippen LogP contribution in [0.15, 0.2) is 42.5 Å². The summed E-state index contributed by atoms with van der Waals surface area (Å²) in [6.07, 6.45) is 4.63. The van der Waals surface area contributed by atoms with Crippen molar-refractivity contribution in [2.75, 3.05) is 36.4 Å². The second-order valence-corrected chi connectivity index (χ2v) is 8.10.